The van der Waals surface area contributed by atoms with Crippen LogP contribution in [0.15, 0.2) is 12.3 Å². The minimum atomic E-state index is 0.319. The first-order chi connectivity index (χ1) is 10.2. The Labute approximate surface area is 129 Å². The number of carbonyl (C=O) groups excluding carboxylic acids is 1. The lowest BCUT2D eigenvalue weighted by Gasteiger charge is -2.34. The van der Waals surface area contributed by atoms with Crippen molar-refractivity contribution in [1.29, 1.82) is 0 Å². The fraction of sp³-hybridized carbons (Fsp3) is 0.842. The molecule has 3 aliphatic carbocycles. The van der Waals surface area contributed by atoms with Crippen molar-refractivity contribution in [3.05, 3.63) is 12.3 Å². The maximum atomic E-state index is 12.9. The number of rotatable bonds is 3. The molecule has 21 heavy (non-hydrogen) atoms. The predicted octanol–water partition coefficient (Wildman–Crippen LogP) is 4.22. The minimum absolute atomic E-state index is 0.319. The van der Waals surface area contributed by atoms with Gasteiger partial charge < -0.3 is 4.90 Å². The molecule has 1 saturated heterocycles. The van der Waals surface area contributed by atoms with Crippen molar-refractivity contribution < 1.29 is 4.79 Å². The molecule has 0 aromatic heterocycles. The van der Waals surface area contributed by atoms with Gasteiger partial charge in [0.05, 0.1) is 0 Å². The molecule has 0 aromatic rings. The molecule has 3 saturated carbocycles. The Morgan fingerprint density at radius 3 is 2.38 bits per heavy atom. The number of hydrogen-bond acceptors (Lipinski definition) is 1. The summed E-state index contributed by atoms with van der Waals surface area (Å²) in [6.07, 6.45) is 10.6. The molecule has 2 nitrogen and oxygen atoms in total. The van der Waals surface area contributed by atoms with E-state index in [0.717, 1.165) is 24.3 Å². The second kappa shape index (κ2) is 5.14. The minimum Gasteiger partial charge on any atom is -0.316 e. The van der Waals surface area contributed by atoms with Gasteiger partial charge in [-0.15, -0.1) is 0 Å². The first kappa shape index (κ1) is 13.8. The third-order valence-electron chi connectivity index (χ3n) is 7.21. The fourth-order valence-electron chi connectivity index (χ4n) is 6.13. The summed E-state index contributed by atoms with van der Waals surface area (Å²) >= 11 is 0. The Morgan fingerprint density at radius 1 is 1.05 bits per heavy atom. The van der Waals surface area contributed by atoms with E-state index in [0.29, 0.717) is 23.7 Å². The van der Waals surface area contributed by atoms with Gasteiger partial charge in [-0.1, -0.05) is 39.2 Å². The summed E-state index contributed by atoms with van der Waals surface area (Å²) < 4.78 is 0. The Balaban J connectivity index is 1.51. The van der Waals surface area contributed by atoms with E-state index in [4.69, 9.17) is 0 Å². The van der Waals surface area contributed by atoms with Crippen LogP contribution >= 0.6 is 0 Å². The monoisotopic (exact) mass is 287 g/mol. The van der Waals surface area contributed by atoms with Gasteiger partial charge in [0.2, 0.25) is 5.91 Å². The SMILES string of the molecule is C=C1C2C3CCC(C3)C2C(=O)N1CC1CCCCC1CC. The van der Waals surface area contributed by atoms with Crippen LogP contribution in [0.3, 0.4) is 0 Å². The number of fused-ring (bicyclic) bond motifs is 5. The zero-order chi connectivity index (χ0) is 14.6. The van der Waals surface area contributed by atoms with Crippen molar-refractivity contribution >= 4 is 5.91 Å². The van der Waals surface area contributed by atoms with Crippen molar-refractivity contribution in [3.63, 3.8) is 0 Å². The molecule has 1 aliphatic heterocycles. The van der Waals surface area contributed by atoms with E-state index in [1.807, 2.05) is 0 Å². The molecule has 1 heterocycles. The topological polar surface area (TPSA) is 20.3 Å². The molecule has 2 bridgehead atoms. The van der Waals surface area contributed by atoms with Crippen LogP contribution in [0.2, 0.25) is 0 Å². The Morgan fingerprint density at radius 2 is 1.71 bits per heavy atom. The van der Waals surface area contributed by atoms with E-state index >= 15 is 0 Å². The molecule has 1 amide bonds. The Kier molecular flexibility index (Phi) is 3.39. The summed E-state index contributed by atoms with van der Waals surface area (Å²) in [5.41, 5.74) is 1.19. The molecule has 6 atom stereocenters. The maximum absolute atomic E-state index is 12.9. The number of carbonyl (C=O) groups is 1. The van der Waals surface area contributed by atoms with Gasteiger partial charge in [0.1, 0.15) is 0 Å². The highest BCUT2D eigenvalue weighted by molar-refractivity contribution is 5.85. The van der Waals surface area contributed by atoms with Gasteiger partial charge in [-0.25, -0.2) is 0 Å². The highest BCUT2D eigenvalue weighted by Gasteiger charge is 2.58. The Hall–Kier alpha value is -0.790. The summed E-state index contributed by atoms with van der Waals surface area (Å²) in [5.74, 6) is 4.28. The van der Waals surface area contributed by atoms with Gasteiger partial charge in [-0.2, -0.15) is 0 Å². The molecule has 0 spiro atoms. The van der Waals surface area contributed by atoms with Crippen molar-refractivity contribution in [2.24, 2.45) is 35.5 Å². The van der Waals surface area contributed by atoms with Gasteiger partial charge in [0.15, 0.2) is 0 Å². The van der Waals surface area contributed by atoms with Crippen LogP contribution in [0.25, 0.3) is 0 Å². The van der Waals surface area contributed by atoms with Gasteiger partial charge in [-0.3, -0.25) is 4.79 Å². The first-order valence-corrected chi connectivity index (χ1v) is 9.20. The van der Waals surface area contributed by atoms with Crippen LogP contribution in [0.1, 0.15) is 58.3 Å². The smallest absolute Gasteiger partial charge is 0.230 e. The van der Waals surface area contributed by atoms with Crippen LogP contribution < -0.4 is 0 Å². The molecule has 4 rings (SSSR count). The standard InChI is InChI=1S/C19H29NO/c1-3-13-6-4-5-7-16(13)11-20-12(2)17-14-8-9-15(10-14)18(17)19(20)21/h13-18H,2-11H2,1H3. The second-order valence-corrected chi connectivity index (χ2v) is 8.04. The lowest BCUT2D eigenvalue weighted by atomic mass is 9.77. The van der Waals surface area contributed by atoms with Gasteiger partial charge >= 0.3 is 0 Å². The van der Waals surface area contributed by atoms with E-state index < -0.39 is 0 Å². The molecule has 116 valence electrons. The average Bonchev–Trinajstić information content (AvgIpc) is 3.17. The van der Waals surface area contributed by atoms with Crippen molar-refractivity contribution in [2.75, 3.05) is 6.54 Å². The summed E-state index contributed by atoms with van der Waals surface area (Å²) in [6.45, 7) is 7.66. The Bertz CT molecular complexity index is 428. The van der Waals surface area contributed by atoms with E-state index in [1.54, 1.807) is 0 Å². The molecular formula is C19H29NO. The number of hydrogen-bond donors (Lipinski definition) is 0. The zero-order valence-corrected chi connectivity index (χ0v) is 13.4. The van der Waals surface area contributed by atoms with Crippen molar-refractivity contribution in [1.82, 2.24) is 4.90 Å². The lowest BCUT2D eigenvalue weighted by Crippen LogP contribution is -2.36. The highest BCUT2D eigenvalue weighted by atomic mass is 16.2. The van der Waals surface area contributed by atoms with Crippen LogP contribution in [-0.4, -0.2) is 17.4 Å². The number of allylic oxidation sites excluding steroid dienone is 1. The first-order valence-electron chi connectivity index (χ1n) is 9.20. The number of amides is 1. The van der Waals surface area contributed by atoms with E-state index in [1.165, 1.54) is 57.1 Å². The average molecular weight is 287 g/mol. The van der Waals surface area contributed by atoms with E-state index in [9.17, 15) is 4.79 Å². The largest absolute Gasteiger partial charge is 0.316 e. The summed E-state index contributed by atoms with van der Waals surface area (Å²) in [6, 6.07) is 0. The molecule has 4 fully saturated rings. The molecule has 6 unspecified atom stereocenters. The van der Waals surface area contributed by atoms with Crippen LogP contribution in [-0.2, 0) is 4.79 Å². The highest BCUT2D eigenvalue weighted by Crippen LogP contribution is 2.59. The van der Waals surface area contributed by atoms with Crippen LogP contribution in [0, 0.1) is 35.5 Å². The molecule has 2 heteroatoms. The van der Waals surface area contributed by atoms with E-state index in [-0.39, 0.29) is 0 Å². The molecular weight excluding hydrogens is 258 g/mol. The van der Waals surface area contributed by atoms with Crippen molar-refractivity contribution in [2.45, 2.75) is 58.3 Å². The third kappa shape index (κ3) is 2.01. The molecule has 0 N–H and O–H groups in total. The normalized spacial score (nSPS) is 45.5. The van der Waals surface area contributed by atoms with Crippen LogP contribution in [0.4, 0.5) is 0 Å². The molecule has 0 aromatic carbocycles. The predicted molar refractivity (Wildman–Crippen MR) is 84.4 cm³/mol. The number of likely N-dealkylation sites (tertiary alicyclic amines) is 1. The second-order valence-electron chi connectivity index (χ2n) is 8.04. The third-order valence-corrected chi connectivity index (χ3v) is 7.21. The quantitative estimate of drug-likeness (QED) is 0.761. The lowest BCUT2D eigenvalue weighted by molar-refractivity contribution is -0.132. The molecule has 4 aliphatic rings. The zero-order valence-electron chi connectivity index (χ0n) is 13.4. The maximum Gasteiger partial charge on any atom is 0.230 e. The fourth-order valence-corrected chi connectivity index (χ4v) is 6.13. The summed E-state index contributed by atoms with van der Waals surface area (Å²) in [5, 5.41) is 0. The van der Waals surface area contributed by atoms with Gasteiger partial charge in [-0.05, 0) is 49.4 Å². The molecule has 0 radical (unpaired) electrons. The number of nitrogens with zero attached hydrogens (tertiary/aromatic N) is 1. The van der Waals surface area contributed by atoms with Crippen LogP contribution in [0.5, 0.6) is 0 Å². The summed E-state index contributed by atoms with van der Waals surface area (Å²) in [4.78, 5) is 15.1. The van der Waals surface area contributed by atoms with E-state index in [2.05, 4.69) is 18.4 Å². The van der Waals surface area contributed by atoms with Gasteiger partial charge in [0.25, 0.3) is 0 Å². The van der Waals surface area contributed by atoms with Gasteiger partial charge in [0, 0.05) is 24.1 Å². The summed E-state index contributed by atoms with van der Waals surface area (Å²) in [7, 11) is 0. The van der Waals surface area contributed by atoms with Crippen molar-refractivity contribution in [3.8, 4) is 0 Å².